The molecule has 0 unspecified atom stereocenters. The summed E-state index contributed by atoms with van der Waals surface area (Å²) >= 11 is 0. The third-order valence-corrected chi connectivity index (χ3v) is 4.86. The maximum atomic E-state index is 12.3. The van der Waals surface area contributed by atoms with E-state index in [-0.39, 0.29) is 16.7 Å². The van der Waals surface area contributed by atoms with E-state index in [1.54, 1.807) is 13.1 Å². The summed E-state index contributed by atoms with van der Waals surface area (Å²) in [6.07, 6.45) is 1.85. The number of nitrogens with two attached hydrogens (primary N) is 1. The van der Waals surface area contributed by atoms with Gasteiger partial charge in [0, 0.05) is 24.8 Å². The summed E-state index contributed by atoms with van der Waals surface area (Å²) < 4.78 is 31.1. The number of hydrogen-bond donors (Lipinski definition) is 1. The molecule has 1 fully saturated rings. The fraction of sp³-hybridized carbons (Fsp3) is 0.455. The van der Waals surface area contributed by atoms with E-state index in [2.05, 4.69) is 0 Å². The fourth-order valence-corrected chi connectivity index (χ4v) is 3.24. The molecular formula is C11H16N2O3S. The smallest absolute Gasteiger partial charge is 0.246 e. The number of anilines is 1. The second-order valence-corrected chi connectivity index (χ2v) is 6.13. The van der Waals surface area contributed by atoms with Gasteiger partial charge in [-0.1, -0.05) is 0 Å². The molecule has 0 saturated heterocycles. The van der Waals surface area contributed by atoms with Gasteiger partial charge in [0.05, 0.1) is 7.11 Å². The van der Waals surface area contributed by atoms with Crippen LogP contribution in [0.1, 0.15) is 12.8 Å². The average molecular weight is 256 g/mol. The van der Waals surface area contributed by atoms with Crippen molar-refractivity contribution >= 4 is 15.7 Å². The molecule has 2 N–H and O–H groups in total. The normalized spacial score (nSPS) is 16.2. The van der Waals surface area contributed by atoms with Crippen molar-refractivity contribution < 1.29 is 13.2 Å². The Kier molecular flexibility index (Phi) is 3.01. The highest BCUT2D eigenvalue weighted by atomic mass is 32.2. The Bertz CT molecular complexity index is 524. The topological polar surface area (TPSA) is 72.6 Å². The van der Waals surface area contributed by atoms with Gasteiger partial charge in [-0.3, -0.25) is 0 Å². The van der Waals surface area contributed by atoms with Gasteiger partial charge in [-0.2, -0.15) is 4.31 Å². The lowest BCUT2D eigenvalue weighted by molar-refractivity contribution is 0.397. The first-order chi connectivity index (χ1) is 7.96. The Hall–Kier alpha value is -1.27. The molecule has 1 aliphatic carbocycles. The zero-order chi connectivity index (χ0) is 12.6. The zero-order valence-corrected chi connectivity index (χ0v) is 10.7. The van der Waals surface area contributed by atoms with Crippen molar-refractivity contribution in [2.24, 2.45) is 0 Å². The Balaban J connectivity index is 2.45. The summed E-state index contributed by atoms with van der Waals surface area (Å²) in [5.41, 5.74) is 6.09. The van der Waals surface area contributed by atoms with Gasteiger partial charge in [0.15, 0.2) is 0 Å². The van der Waals surface area contributed by atoms with Crippen molar-refractivity contribution in [2.75, 3.05) is 19.9 Å². The molecule has 1 aromatic rings. The van der Waals surface area contributed by atoms with Gasteiger partial charge >= 0.3 is 0 Å². The number of nitrogens with zero attached hydrogens (tertiary/aromatic N) is 1. The van der Waals surface area contributed by atoms with Crippen LogP contribution in [0.4, 0.5) is 5.69 Å². The number of sulfonamides is 1. The van der Waals surface area contributed by atoms with Crippen LogP contribution in [0.3, 0.4) is 0 Å². The minimum absolute atomic E-state index is 0.127. The number of benzene rings is 1. The molecule has 0 spiro atoms. The van der Waals surface area contributed by atoms with Crippen LogP contribution in [-0.4, -0.2) is 32.9 Å². The summed E-state index contributed by atoms with van der Waals surface area (Å²) in [6, 6.07) is 4.70. The van der Waals surface area contributed by atoms with Crippen LogP contribution >= 0.6 is 0 Å². The summed E-state index contributed by atoms with van der Waals surface area (Å²) in [7, 11) is -0.447. The molecule has 5 nitrogen and oxygen atoms in total. The first kappa shape index (κ1) is 12.2. The third kappa shape index (κ3) is 2.23. The molecule has 17 heavy (non-hydrogen) atoms. The molecule has 0 atom stereocenters. The van der Waals surface area contributed by atoms with Crippen molar-refractivity contribution in [3.05, 3.63) is 18.2 Å². The number of nitrogen functional groups attached to an aromatic ring is 1. The Labute approximate surface area is 101 Å². The predicted molar refractivity (Wildman–Crippen MR) is 65.4 cm³/mol. The molecule has 0 aliphatic heterocycles. The predicted octanol–water partition coefficient (Wildman–Crippen LogP) is 1.06. The van der Waals surface area contributed by atoms with E-state index in [1.165, 1.54) is 23.5 Å². The fourth-order valence-electron chi connectivity index (χ4n) is 1.69. The molecule has 0 aromatic heterocycles. The van der Waals surface area contributed by atoms with Gasteiger partial charge in [0.2, 0.25) is 10.0 Å². The van der Waals surface area contributed by atoms with Crippen LogP contribution in [0.2, 0.25) is 0 Å². The molecule has 2 rings (SSSR count). The van der Waals surface area contributed by atoms with Crippen molar-refractivity contribution in [1.82, 2.24) is 4.31 Å². The number of methoxy groups -OCH3 is 1. The van der Waals surface area contributed by atoms with E-state index in [0.29, 0.717) is 5.69 Å². The Morgan fingerprint density at radius 2 is 2.06 bits per heavy atom. The maximum Gasteiger partial charge on any atom is 0.246 e. The molecule has 1 saturated carbocycles. The van der Waals surface area contributed by atoms with Crippen molar-refractivity contribution in [1.29, 1.82) is 0 Å². The van der Waals surface area contributed by atoms with Crippen molar-refractivity contribution in [3.8, 4) is 5.75 Å². The van der Waals surface area contributed by atoms with Crippen LogP contribution < -0.4 is 10.5 Å². The summed E-state index contributed by atoms with van der Waals surface area (Å²) in [5, 5.41) is 0. The van der Waals surface area contributed by atoms with Gasteiger partial charge in [0.1, 0.15) is 10.6 Å². The Morgan fingerprint density at radius 3 is 2.59 bits per heavy atom. The third-order valence-electron chi connectivity index (χ3n) is 2.91. The molecule has 94 valence electrons. The van der Waals surface area contributed by atoms with Crippen LogP contribution in [0.15, 0.2) is 23.1 Å². The molecule has 1 aromatic carbocycles. The lowest BCUT2D eigenvalue weighted by Gasteiger charge is -2.18. The quantitative estimate of drug-likeness (QED) is 0.818. The lowest BCUT2D eigenvalue weighted by Crippen LogP contribution is -2.29. The van der Waals surface area contributed by atoms with E-state index >= 15 is 0 Å². The van der Waals surface area contributed by atoms with Gasteiger partial charge in [-0.25, -0.2) is 8.42 Å². The standard InChI is InChI=1S/C11H16N2O3S/c1-13(9-4-5-9)17(14,15)11-6-3-8(12)7-10(11)16-2/h3,6-7,9H,4-5,12H2,1-2H3. The summed E-state index contributed by atoms with van der Waals surface area (Å²) in [5.74, 6) is 0.289. The van der Waals surface area contributed by atoms with Gasteiger partial charge in [-0.15, -0.1) is 0 Å². The van der Waals surface area contributed by atoms with Crippen molar-refractivity contribution in [2.45, 2.75) is 23.8 Å². The molecule has 0 amide bonds. The van der Waals surface area contributed by atoms with E-state index < -0.39 is 10.0 Å². The highest BCUT2D eigenvalue weighted by Gasteiger charge is 2.36. The highest BCUT2D eigenvalue weighted by Crippen LogP contribution is 2.34. The zero-order valence-electron chi connectivity index (χ0n) is 9.88. The number of hydrogen-bond acceptors (Lipinski definition) is 4. The highest BCUT2D eigenvalue weighted by molar-refractivity contribution is 7.89. The minimum Gasteiger partial charge on any atom is -0.495 e. The second-order valence-electron chi connectivity index (χ2n) is 4.16. The molecule has 0 heterocycles. The monoisotopic (exact) mass is 256 g/mol. The largest absolute Gasteiger partial charge is 0.495 e. The van der Waals surface area contributed by atoms with Gasteiger partial charge in [0.25, 0.3) is 0 Å². The van der Waals surface area contributed by atoms with Crippen LogP contribution in [-0.2, 0) is 10.0 Å². The minimum atomic E-state index is -3.48. The number of rotatable bonds is 4. The molecule has 6 heteroatoms. The number of ether oxygens (including phenoxy) is 1. The SMILES string of the molecule is COc1cc(N)ccc1S(=O)(=O)N(C)C1CC1. The van der Waals surface area contributed by atoms with Crippen LogP contribution in [0, 0.1) is 0 Å². The summed E-state index contributed by atoms with van der Waals surface area (Å²) in [4.78, 5) is 0.170. The lowest BCUT2D eigenvalue weighted by atomic mass is 10.3. The molecule has 0 bridgehead atoms. The van der Waals surface area contributed by atoms with Crippen molar-refractivity contribution in [3.63, 3.8) is 0 Å². The van der Waals surface area contributed by atoms with Gasteiger partial charge in [-0.05, 0) is 25.0 Å². The molecular weight excluding hydrogens is 240 g/mol. The van der Waals surface area contributed by atoms with Crippen LogP contribution in [0.25, 0.3) is 0 Å². The molecule has 1 aliphatic rings. The average Bonchev–Trinajstić information content (AvgIpc) is 3.11. The maximum absolute atomic E-state index is 12.3. The van der Waals surface area contributed by atoms with E-state index in [9.17, 15) is 8.42 Å². The Morgan fingerprint density at radius 1 is 1.41 bits per heavy atom. The van der Waals surface area contributed by atoms with Gasteiger partial charge < -0.3 is 10.5 Å². The van der Waals surface area contributed by atoms with E-state index in [4.69, 9.17) is 10.5 Å². The molecule has 0 radical (unpaired) electrons. The van der Waals surface area contributed by atoms with E-state index in [0.717, 1.165) is 12.8 Å². The second kappa shape index (κ2) is 4.19. The van der Waals surface area contributed by atoms with Crippen LogP contribution in [0.5, 0.6) is 5.75 Å². The summed E-state index contributed by atoms with van der Waals surface area (Å²) in [6.45, 7) is 0. The van der Waals surface area contributed by atoms with E-state index in [1.807, 2.05) is 0 Å². The first-order valence-electron chi connectivity index (χ1n) is 5.38. The first-order valence-corrected chi connectivity index (χ1v) is 6.82.